The second-order valence-corrected chi connectivity index (χ2v) is 9.07. The van der Waals surface area contributed by atoms with E-state index in [0.717, 1.165) is 31.5 Å². The Balaban J connectivity index is 2.09. The van der Waals surface area contributed by atoms with Crippen LogP contribution in [0.1, 0.15) is 44.5 Å². The van der Waals surface area contributed by atoms with E-state index in [2.05, 4.69) is 18.9 Å². The van der Waals surface area contributed by atoms with Gasteiger partial charge in [-0.3, -0.25) is 4.68 Å². The molecule has 1 aromatic rings. The average Bonchev–Trinajstić information content (AvgIpc) is 2.82. The Kier molecular flexibility index (Phi) is 7.01. The van der Waals surface area contributed by atoms with Crippen LogP contribution in [-0.4, -0.2) is 54.8 Å². The zero-order valence-corrected chi connectivity index (χ0v) is 16.7. The summed E-state index contributed by atoms with van der Waals surface area (Å²) in [6.07, 6.45) is 2.42. The first kappa shape index (κ1) is 20.4. The van der Waals surface area contributed by atoms with Crippen molar-refractivity contribution in [1.82, 2.24) is 14.1 Å². The van der Waals surface area contributed by atoms with Gasteiger partial charge < -0.3 is 10.5 Å². The van der Waals surface area contributed by atoms with E-state index in [1.807, 2.05) is 11.6 Å². The van der Waals surface area contributed by atoms with Crippen LogP contribution in [0, 0.1) is 19.8 Å². The molecule has 2 rings (SSSR count). The maximum atomic E-state index is 13.1. The number of hydrogen-bond donors (Lipinski definition) is 1. The number of aromatic nitrogens is 2. The van der Waals surface area contributed by atoms with Gasteiger partial charge in [0.15, 0.2) is 0 Å². The molecule has 1 fully saturated rings. The van der Waals surface area contributed by atoms with Crippen LogP contribution >= 0.6 is 0 Å². The number of hydrogen-bond acceptors (Lipinski definition) is 5. The second kappa shape index (κ2) is 8.62. The minimum Gasteiger partial charge on any atom is -0.378 e. The first-order valence-electron chi connectivity index (χ1n) is 9.13. The summed E-state index contributed by atoms with van der Waals surface area (Å²) >= 11 is 0. The predicted molar refractivity (Wildman–Crippen MR) is 97.9 cm³/mol. The summed E-state index contributed by atoms with van der Waals surface area (Å²) in [5, 5.41) is 4.45. The number of ether oxygens (including phenoxy) is 1. The van der Waals surface area contributed by atoms with Crippen LogP contribution in [-0.2, 0) is 21.3 Å². The minimum atomic E-state index is -3.51. The van der Waals surface area contributed by atoms with Crippen molar-refractivity contribution in [2.24, 2.45) is 11.7 Å². The van der Waals surface area contributed by atoms with Gasteiger partial charge in [0.2, 0.25) is 10.0 Å². The van der Waals surface area contributed by atoms with Crippen LogP contribution in [0.5, 0.6) is 0 Å². The highest BCUT2D eigenvalue weighted by molar-refractivity contribution is 7.89. The zero-order valence-electron chi connectivity index (χ0n) is 15.9. The summed E-state index contributed by atoms with van der Waals surface area (Å²) in [5.41, 5.74) is 6.78. The number of piperidine rings is 1. The third kappa shape index (κ3) is 4.81. The zero-order chi connectivity index (χ0) is 18.6. The number of rotatable bonds is 8. The molecule has 2 heterocycles. The fourth-order valence-corrected chi connectivity index (χ4v) is 5.12. The van der Waals surface area contributed by atoms with Crippen LogP contribution in [0.3, 0.4) is 0 Å². The molecule has 0 aromatic carbocycles. The molecule has 1 aliphatic heterocycles. The van der Waals surface area contributed by atoms with Crippen LogP contribution < -0.4 is 5.73 Å². The lowest BCUT2D eigenvalue weighted by Gasteiger charge is -2.31. The predicted octanol–water partition coefficient (Wildman–Crippen LogP) is 1.67. The highest BCUT2D eigenvalue weighted by atomic mass is 32.2. The molecule has 0 bridgehead atoms. The van der Waals surface area contributed by atoms with Gasteiger partial charge in [0.05, 0.1) is 17.5 Å². The molecule has 1 aliphatic rings. The lowest BCUT2D eigenvalue weighted by molar-refractivity contribution is 0.0209. The highest BCUT2D eigenvalue weighted by Crippen LogP contribution is 2.27. The third-order valence-corrected chi connectivity index (χ3v) is 6.71. The molecule has 0 spiro atoms. The van der Waals surface area contributed by atoms with Gasteiger partial charge in [-0.2, -0.15) is 9.40 Å². The molecule has 0 aliphatic carbocycles. The molecule has 0 saturated carbocycles. The van der Waals surface area contributed by atoms with E-state index in [0.29, 0.717) is 42.7 Å². The van der Waals surface area contributed by atoms with E-state index in [1.54, 1.807) is 11.2 Å². The summed E-state index contributed by atoms with van der Waals surface area (Å²) in [7, 11) is -3.51. The third-order valence-electron chi connectivity index (χ3n) is 4.55. The molecule has 1 aromatic heterocycles. The topological polar surface area (TPSA) is 90.5 Å². The SMILES string of the molecule is Cc1nn(CC(C)C)c(C)c1S(=O)(=O)N1CCC(OCCCN)CC1. The van der Waals surface area contributed by atoms with Crippen molar-refractivity contribution in [2.45, 2.75) is 64.5 Å². The van der Waals surface area contributed by atoms with E-state index < -0.39 is 10.0 Å². The molecule has 8 heteroatoms. The molecular weight excluding hydrogens is 340 g/mol. The van der Waals surface area contributed by atoms with E-state index in [9.17, 15) is 8.42 Å². The molecule has 0 amide bonds. The first-order valence-corrected chi connectivity index (χ1v) is 10.6. The quantitative estimate of drug-likeness (QED) is 0.701. The molecule has 25 heavy (non-hydrogen) atoms. The average molecular weight is 373 g/mol. The van der Waals surface area contributed by atoms with Crippen molar-refractivity contribution < 1.29 is 13.2 Å². The largest absolute Gasteiger partial charge is 0.378 e. The van der Waals surface area contributed by atoms with E-state index in [4.69, 9.17) is 10.5 Å². The standard InChI is InChI=1S/C17H32N4O3S/c1-13(2)12-21-15(4)17(14(3)19-21)25(22,23)20-9-6-16(7-10-20)24-11-5-8-18/h13,16H,5-12,18H2,1-4H3. The summed E-state index contributed by atoms with van der Waals surface area (Å²) in [4.78, 5) is 0.371. The van der Waals surface area contributed by atoms with E-state index in [1.165, 1.54) is 0 Å². The van der Waals surface area contributed by atoms with Gasteiger partial charge in [0.1, 0.15) is 4.90 Å². The summed E-state index contributed by atoms with van der Waals surface area (Å²) in [6.45, 7) is 10.8. The Bertz CT molecular complexity index is 662. The van der Waals surface area contributed by atoms with Crippen molar-refractivity contribution in [1.29, 1.82) is 0 Å². The summed E-state index contributed by atoms with van der Waals surface area (Å²) in [5.74, 6) is 0.412. The van der Waals surface area contributed by atoms with Gasteiger partial charge in [-0.1, -0.05) is 13.8 Å². The van der Waals surface area contributed by atoms with Gasteiger partial charge in [0, 0.05) is 26.2 Å². The fraction of sp³-hybridized carbons (Fsp3) is 0.824. The monoisotopic (exact) mass is 372 g/mol. The minimum absolute atomic E-state index is 0.129. The Labute approximate surface area is 151 Å². The molecule has 0 atom stereocenters. The molecule has 2 N–H and O–H groups in total. The van der Waals surface area contributed by atoms with E-state index >= 15 is 0 Å². The molecule has 0 unspecified atom stereocenters. The maximum absolute atomic E-state index is 13.1. The number of nitrogens with two attached hydrogens (primary N) is 1. The van der Waals surface area contributed by atoms with Gasteiger partial charge in [-0.25, -0.2) is 8.42 Å². The van der Waals surface area contributed by atoms with Crippen molar-refractivity contribution in [3.05, 3.63) is 11.4 Å². The van der Waals surface area contributed by atoms with Crippen LogP contribution in [0.25, 0.3) is 0 Å². The van der Waals surface area contributed by atoms with Crippen molar-refractivity contribution in [3.63, 3.8) is 0 Å². The van der Waals surface area contributed by atoms with Crippen molar-refractivity contribution >= 4 is 10.0 Å². The van der Waals surface area contributed by atoms with Crippen molar-refractivity contribution in [2.75, 3.05) is 26.2 Å². The van der Waals surface area contributed by atoms with Gasteiger partial charge in [0.25, 0.3) is 0 Å². The summed E-state index contributed by atoms with van der Waals surface area (Å²) < 4.78 is 35.4. The van der Waals surface area contributed by atoms with Gasteiger partial charge >= 0.3 is 0 Å². The number of sulfonamides is 1. The van der Waals surface area contributed by atoms with Gasteiger partial charge in [-0.05, 0) is 45.6 Å². The Morgan fingerprint density at radius 2 is 1.92 bits per heavy atom. The van der Waals surface area contributed by atoms with Crippen LogP contribution in [0.15, 0.2) is 4.90 Å². The van der Waals surface area contributed by atoms with Gasteiger partial charge in [-0.15, -0.1) is 0 Å². The lowest BCUT2D eigenvalue weighted by Crippen LogP contribution is -2.41. The molecule has 144 valence electrons. The Hall–Kier alpha value is -0.960. The lowest BCUT2D eigenvalue weighted by atomic mass is 10.1. The molecule has 7 nitrogen and oxygen atoms in total. The molecule has 0 radical (unpaired) electrons. The second-order valence-electron chi connectivity index (χ2n) is 7.19. The van der Waals surface area contributed by atoms with Crippen molar-refractivity contribution in [3.8, 4) is 0 Å². The van der Waals surface area contributed by atoms with E-state index in [-0.39, 0.29) is 6.10 Å². The fourth-order valence-electron chi connectivity index (χ4n) is 3.28. The first-order chi connectivity index (χ1) is 11.8. The highest BCUT2D eigenvalue weighted by Gasteiger charge is 2.33. The molecule has 1 saturated heterocycles. The van der Waals surface area contributed by atoms with Crippen LogP contribution in [0.4, 0.5) is 0 Å². The molecular formula is C17H32N4O3S. The summed E-state index contributed by atoms with van der Waals surface area (Å²) in [6, 6.07) is 0. The Morgan fingerprint density at radius 3 is 2.48 bits per heavy atom. The smallest absolute Gasteiger partial charge is 0.246 e. The number of aryl methyl sites for hydroxylation is 1. The Morgan fingerprint density at radius 1 is 1.28 bits per heavy atom. The number of nitrogens with zero attached hydrogens (tertiary/aromatic N) is 3. The normalized spacial score (nSPS) is 17.5. The maximum Gasteiger partial charge on any atom is 0.246 e. The van der Waals surface area contributed by atoms with Crippen LogP contribution in [0.2, 0.25) is 0 Å².